The molecule has 0 spiro atoms. The molecule has 0 radical (unpaired) electrons. The normalized spacial score (nSPS) is 10.7. The molecule has 2 aromatic heterocycles. The smallest absolute Gasteiger partial charge is 0.313 e. The molecule has 0 aliphatic heterocycles. The van der Waals surface area contributed by atoms with Gasteiger partial charge in [-0.2, -0.15) is 0 Å². The molecule has 0 aliphatic carbocycles. The zero-order valence-corrected chi connectivity index (χ0v) is 12.4. The summed E-state index contributed by atoms with van der Waals surface area (Å²) in [5.74, 6) is -0.993. The van der Waals surface area contributed by atoms with E-state index in [1.165, 1.54) is 0 Å². The summed E-state index contributed by atoms with van der Waals surface area (Å²) in [6.07, 6.45) is 0. The Labute approximate surface area is 130 Å². The summed E-state index contributed by atoms with van der Waals surface area (Å²) in [7, 11) is 0. The molecular weight excluding hydrogens is 302 g/mol. The summed E-state index contributed by atoms with van der Waals surface area (Å²) in [4.78, 5) is 23.9. The van der Waals surface area contributed by atoms with Gasteiger partial charge in [-0.25, -0.2) is 4.63 Å². The molecule has 2 amide bonds. The van der Waals surface area contributed by atoms with E-state index in [1.807, 2.05) is 0 Å². The lowest BCUT2D eigenvalue weighted by Gasteiger charge is -2.06. The van der Waals surface area contributed by atoms with Gasteiger partial charge in [0, 0.05) is 12.1 Å². The van der Waals surface area contributed by atoms with Crippen molar-refractivity contribution >= 4 is 28.5 Å². The summed E-state index contributed by atoms with van der Waals surface area (Å²) >= 11 is 0. The first-order valence-corrected chi connectivity index (χ1v) is 6.78. The number of benzene rings is 1. The van der Waals surface area contributed by atoms with Gasteiger partial charge in [-0.1, -0.05) is 11.2 Å². The number of rotatable bonds is 3. The van der Waals surface area contributed by atoms with Crippen LogP contribution in [0.25, 0.3) is 11.0 Å². The molecule has 3 aromatic rings. The van der Waals surface area contributed by atoms with E-state index < -0.39 is 11.8 Å². The van der Waals surface area contributed by atoms with Gasteiger partial charge in [0.1, 0.15) is 11.3 Å². The third kappa shape index (κ3) is 2.89. The molecule has 9 nitrogen and oxygen atoms in total. The first-order valence-electron chi connectivity index (χ1n) is 6.78. The van der Waals surface area contributed by atoms with E-state index in [-0.39, 0.29) is 6.54 Å². The minimum absolute atomic E-state index is 0.156. The van der Waals surface area contributed by atoms with Crippen molar-refractivity contribution in [3.63, 3.8) is 0 Å². The number of amides is 2. The van der Waals surface area contributed by atoms with Crippen LogP contribution in [0, 0.1) is 13.8 Å². The largest absolute Gasteiger partial charge is 0.361 e. The predicted molar refractivity (Wildman–Crippen MR) is 78.3 cm³/mol. The second-order valence-electron chi connectivity index (χ2n) is 4.88. The second kappa shape index (κ2) is 5.87. The molecule has 0 bridgehead atoms. The fourth-order valence-electron chi connectivity index (χ4n) is 2.09. The molecule has 0 aliphatic rings. The van der Waals surface area contributed by atoms with E-state index in [9.17, 15) is 9.59 Å². The van der Waals surface area contributed by atoms with Crippen LogP contribution < -0.4 is 10.6 Å². The Hall–Kier alpha value is -3.23. The number of nitrogens with zero attached hydrogens (tertiary/aromatic N) is 3. The lowest BCUT2D eigenvalue weighted by molar-refractivity contribution is -0.136. The van der Waals surface area contributed by atoms with Crippen LogP contribution in [0.1, 0.15) is 17.0 Å². The van der Waals surface area contributed by atoms with E-state index in [2.05, 4.69) is 30.7 Å². The molecule has 2 N–H and O–H groups in total. The van der Waals surface area contributed by atoms with Gasteiger partial charge >= 0.3 is 11.8 Å². The molecule has 0 unspecified atom stereocenters. The van der Waals surface area contributed by atoms with Crippen LogP contribution in [-0.4, -0.2) is 27.3 Å². The fourth-order valence-corrected chi connectivity index (χ4v) is 2.09. The van der Waals surface area contributed by atoms with E-state index in [0.29, 0.717) is 28.2 Å². The average Bonchev–Trinajstić information content (AvgIpc) is 3.13. The highest BCUT2D eigenvalue weighted by molar-refractivity contribution is 6.40. The van der Waals surface area contributed by atoms with E-state index in [0.717, 1.165) is 5.56 Å². The molecule has 0 atom stereocenters. The highest BCUT2D eigenvalue weighted by Crippen LogP contribution is 2.19. The Morgan fingerprint density at radius 3 is 2.70 bits per heavy atom. The van der Waals surface area contributed by atoms with E-state index >= 15 is 0 Å². The Kier molecular flexibility index (Phi) is 3.75. The predicted octanol–water partition coefficient (Wildman–Crippen LogP) is 1.08. The zero-order valence-electron chi connectivity index (χ0n) is 12.4. The summed E-state index contributed by atoms with van der Waals surface area (Å²) < 4.78 is 9.60. The molecule has 2 heterocycles. The minimum Gasteiger partial charge on any atom is -0.361 e. The van der Waals surface area contributed by atoms with Crippen molar-refractivity contribution < 1.29 is 18.7 Å². The van der Waals surface area contributed by atoms with E-state index in [1.54, 1.807) is 32.0 Å². The van der Waals surface area contributed by atoms with Crippen LogP contribution in [0.3, 0.4) is 0 Å². The number of hydrogen-bond donors (Lipinski definition) is 2. The van der Waals surface area contributed by atoms with Crippen LogP contribution >= 0.6 is 0 Å². The van der Waals surface area contributed by atoms with Gasteiger partial charge in [0.05, 0.1) is 11.4 Å². The fraction of sp³-hybridized carbons (Fsp3) is 0.214. The summed E-state index contributed by atoms with van der Waals surface area (Å²) in [5, 5.41) is 16.1. The molecule has 9 heteroatoms. The molecule has 0 fully saturated rings. The maximum absolute atomic E-state index is 12.0. The lowest BCUT2D eigenvalue weighted by Crippen LogP contribution is -2.35. The van der Waals surface area contributed by atoms with Crippen LogP contribution in [0.5, 0.6) is 0 Å². The zero-order chi connectivity index (χ0) is 16.4. The van der Waals surface area contributed by atoms with Crippen molar-refractivity contribution in [1.82, 2.24) is 20.8 Å². The van der Waals surface area contributed by atoms with Crippen molar-refractivity contribution in [1.29, 1.82) is 0 Å². The topological polar surface area (TPSA) is 123 Å². The second-order valence-corrected chi connectivity index (χ2v) is 4.88. The summed E-state index contributed by atoms with van der Waals surface area (Å²) in [5.41, 5.74) is 2.62. The van der Waals surface area contributed by atoms with Gasteiger partial charge in [0.2, 0.25) is 0 Å². The summed E-state index contributed by atoms with van der Waals surface area (Å²) in [6.45, 7) is 3.65. The Morgan fingerprint density at radius 2 is 1.96 bits per heavy atom. The number of nitrogens with one attached hydrogen (secondary N) is 2. The third-order valence-corrected chi connectivity index (χ3v) is 3.35. The van der Waals surface area contributed by atoms with Gasteiger partial charge in [-0.3, -0.25) is 9.59 Å². The van der Waals surface area contributed by atoms with Crippen LogP contribution in [0.15, 0.2) is 27.4 Å². The first-order chi connectivity index (χ1) is 11.1. The lowest BCUT2D eigenvalue weighted by atomic mass is 10.2. The Bertz CT molecular complexity index is 863. The van der Waals surface area contributed by atoms with Crippen molar-refractivity contribution in [2.24, 2.45) is 0 Å². The summed E-state index contributed by atoms with van der Waals surface area (Å²) in [6, 6.07) is 4.95. The van der Waals surface area contributed by atoms with Gasteiger partial charge in [0.25, 0.3) is 0 Å². The van der Waals surface area contributed by atoms with E-state index in [4.69, 9.17) is 4.52 Å². The molecule has 0 saturated carbocycles. The number of fused-ring (bicyclic) bond motifs is 1. The van der Waals surface area contributed by atoms with Crippen molar-refractivity contribution in [3.05, 3.63) is 35.2 Å². The maximum Gasteiger partial charge on any atom is 0.313 e. The van der Waals surface area contributed by atoms with Crippen LogP contribution in [0.4, 0.5) is 5.69 Å². The van der Waals surface area contributed by atoms with Gasteiger partial charge in [-0.15, -0.1) is 0 Å². The SMILES string of the molecule is Cc1noc(C)c1CNC(=O)C(=O)Nc1cccc2nonc12. The quantitative estimate of drug-likeness (QED) is 0.693. The standard InChI is InChI=1S/C14H13N5O4/c1-7-9(8(2)22-17-7)6-15-13(20)14(21)16-10-4-3-5-11-12(10)19-23-18-11/h3-5H,6H2,1-2H3,(H,15,20)(H,16,21). The highest BCUT2D eigenvalue weighted by Gasteiger charge is 2.18. The number of aryl methyl sites for hydroxylation is 2. The molecule has 23 heavy (non-hydrogen) atoms. The number of hydrogen-bond acceptors (Lipinski definition) is 7. The monoisotopic (exact) mass is 315 g/mol. The Balaban J connectivity index is 1.66. The molecule has 1 aromatic carbocycles. The van der Waals surface area contributed by atoms with Gasteiger partial charge in [0.15, 0.2) is 5.52 Å². The number of carbonyl (C=O) groups is 2. The van der Waals surface area contributed by atoms with Crippen molar-refractivity contribution in [2.45, 2.75) is 20.4 Å². The molecule has 0 saturated heterocycles. The Morgan fingerprint density at radius 1 is 1.13 bits per heavy atom. The van der Waals surface area contributed by atoms with Crippen LogP contribution in [-0.2, 0) is 16.1 Å². The van der Waals surface area contributed by atoms with Gasteiger partial charge in [-0.05, 0) is 36.3 Å². The molecule has 118 valence electrons. The highest BCUT2D eigenvalue weighted by atomic mass is 16.6. The minimum atomic E-state index is -0.813. The van der Waals surface area contributed by atoms with Crippen molar-refractivity contribution in [3.8, 4) is 0 Å². The molecular formula is C14H13N5O4. The molecule has 3 rings (SSSR count). The number of aromatic nitrogens is 3. The average molecular weight is 315 g/mol. The third-order valence-electron chi connectivity index (χ3n) is 3.35. The number of anilines is 1. The van der Waals surface area contributed by atoms with Crippen LogP contribution in [0.2, 0.25) is 0 Å². The maximum atomic E-state index is 12.0. The number of carbonyl (C=O) groups excluding carboxylic acids is 2. The van der Waals surface area contributed by atoms with Gasteiger partial charge < -0.3 is 15.2 Å². The van der Waals surface area contributed by atoms with Crippen molar-refractivity contribution in [2.75, 3.05) is 5.32 Å². The first kappa shape index (κ1) is 14.7.